The molecule has 0 aliphatic heterocycles. The van der Waals surface area contributed by atoms with Crippen LogP contribution in [0.5, 0.6) is 0 Å². The molecule has 0 aliphatic rings. The van der Waals surface area contributed by atoms with Gasteiger partial charge in [0.2, 0.25) is 0 Å². The average molecular weight is 340 g/mol. The first-order valence-corrected chi connectivity index (χ1v) is 8.17. The Hall–Kier alpha value is -2.73. The van der Waals surface area contributed by atoms with Crippen LogP contribution in [0.1, 0.15) is 31.7 Å². The van der Waals surface area contributed by atoms with E-state index in [4.69, 9.17) is 9.26 Å². The van der Waals surface area contributed by atoms with E-state index < -0.39 is 0 Å². The lowest BCUT2D eigenvalue weighted by Gasteiger charge is -1.97. The fourth-order valence-corrected chi connectivity index (χ4v) is 3.19. The highest BCUT2D eigenvalue weighted by molar-refractivity contribution is 7.14. The van der Waals surface area contributed by atoms with Crippen molar-refractivity contribution in [2.45, 2.75) is 13.8 Å². The second-order valence-corrected chi connectivity index (χ2v) is 6.19. The number of aromatic nitrogens is 2. The van der Waals surface area contributed by atoms with Crippen molar-refractivity contribution < 1.29 is 14.1 Å². The van der Waals surface area contributed by atoms with Gasteiger partial charge < -0.3 is 9.26 Å². The van der Waals surface area contributed by atoms with E-state index in [0.29, 0.717) is 10.6 Å². The van der Waals surface area contributed by atoms with Gasteiger partial charge in [0, 0.05) is 11.1 Å². The van der Waals surface area contributed by atoms with E-state index in [-0.39, 0.29) is 5.97 Å². The molecule has 3 rings (SSSR count). The summed E-state index contributed by atoms with van der Waals surface area (Å²) in [6, 6.07) is 9.84. The molecule has 0 bridgehead atoms. The molecule has 122 valence electrons. The zero-order chi connectivity index (χ0) is 17.1. The van der Waals surface area contributed by atoms with Crippen molar-refractivity contribution in [3.05, 3.63) is 57.2 Å². The van der Waals surface area contributed by atoms with E-state index in [0.717, 1.165) is 27.6 Å². The molecule has 0 atom stereocenters. The van der Waals surface area contributed by atoms with Crippen molar-refractivity contribution in [3.8, 4) is 11.3 Å². The highest BCUT2D eigenvalue weighted by atomic mass is 32.1. The summed E-state index contributed by atoms with van der Waals surface area (Å²) in [5.74, 6) is 0.363. The van der Waals surface area contributed by atoms with E-state index in [1.54, 1.807) is 6.92 Å². The number of hydrogen-bond donors (Lipinski definition) is 0. The predicted molar refractivity (Wildman–Crippen MR) is 93.8 cm³/mol. The Morgan fingerprint density at radius 1 is 1.21 bits per heavy atom. The maximum absolute atomic E-state index is 11.7. The molecule has 2 aromatic heterocycles. The van der Waals surface area contributed by atoms with Gasteiger partial charge in [0.1, 0.15) is 21.3 Å². The van der Waals surface area contributed by atoms with E-state index in [1.807, 2.05) is 49.4 Å². The summed E-state index contributed by atoms with van der Waals surface area (Å²) < 4.78 is 10.1. The number of nitrogens with zero attached hydrogens (tertiary/aromatic N) is 2. The van der Waals surface area contributed by atoms with Crippen LogP contribution in [0.3, 0.4) is 0 Å². The number of carbonyl (C=O) groups is 1. The standard InChI is InChI=1S/C18H16N2O3S/c1-11-17(18(21)22-3)24-15(19-11)10-9-14-12(2)23-20-16(14)13-7-5-4-6-8-13/h4-10H,1-3H3/b10-9+. The minimum atomic E-state index is -0.365. The summed E-state index contributed by atoms with van der Waals surface area (Å²) in [5, 5.41) is 4.87. The number of esters is 1. The molecule has 0 fully saturated rings. The Labute approximate surface area is 143 Å². The number of hydrogen-bond acceptors (Lipinski definition) is 6. The van der Waals surface area contributed by atoms with Gasteiger partial charge >= 0.3 is 5.97 Å². The van der Waals surface area contributed by atoms with Gasteiger partial charge in [-0.25, -0.2) is 9.78 Å². The lowest BCUT2D eigenvalue weighted by Crippen LogP contribution is -1.99. The summed E-state index contributed by atoms with van der Waals surface area (Å²) in [6.45, 7) is 3.66. The molecule has 6 heteroatoms. The monoisotopic (exact) mass is 340 g/mol. The molecule has 2 heterocycles. The highest BCUT2D eigenvalue weighted by Crippen LogP contribution is 2.28. The van der Waals surface area contributed by atoms with E-state index in [2.05, 4.69) is 10.1 Å². The van der Waals surface area contributed by atoms with Gasteiger partial charge in [-0.2, -0.15) is 0 Å². The minimum absolute atomic E-state index is 0.365. The molecule has 0 saturated carbocycles. The van der Waals surface area contributed by atoms with Crippen LogP contribution in [0.2, 0.25) is 0 Å². The van der Waals surface area contributed by atoms with Crippen molar-refractivity contribution in [2.24, 2.45) is 0 Å². The second kappa shape index (κ2) is 6.80. The smallest absolute Gasteiger partial charge is 0.349 e. The topological polar surface area (TPSA) is 65.2 Å². The first-order valence-electron chi connectivity index (χ1n) is 7.35. The van der Waals surface area contributed by atoms with Gasteiger partial charge in [-0.3, -0.25) is 0 Å². The molecule has 24 heavy (non-hydrogen) atoms. The van der Waals surface area contributed by atoms with Gasteiger partial charge in [-0.1, -0.05) is 35.5 Å². The summed E-state index contributed by atoms with van der Waals surface area (Å²) >= 11 is 1.30. The first-order chi connectivity index (χ1) is 11.6. The molecule has 0 aliphatic carbocycles. The number of methoxy groups -OCH3 is 1. The Morgan fingerprint density at radius 2 is 1.96 bits per heavy atom. The fraction of sp³-hybridized carbons (Fsp3) is 0.167. The fourth-order valence-electron chi connectivity index (χ4n) is 2.30. The number of ether oxygens (including phenoxy) is 1. The Kier molecular flexibility index (Phi) is 4.57. The van der Waals surface area contributed by atoms with Crippen molar-refractivity contribution in [1.82, 2.24) is 10.1 Å². The van der Waals surface area contributed by atoms with E-state index >= 15 is 0 Å². The van der Waals surface area contributed by atoms with Crippen molar-refractivity contribution in [3.63, 3.8) is 0 Å². The number of carbonyl (C=O) groups excluding carboxylic acids is 1. The summed E-state index contributed by atoms with van der Waals surface area (Å²) in [7, 11) is 1.36. The number of rotatable bonds is 4. The molecule has 3 aromatic rings. The van der Waals surface area contributed by atoms with Crippen LogP contribution in [0.15, 0.2) is 34.9 Å². The van der Waals surface area contributed by atoms with Gasteiger partial charge in [-0.15, -0.1) is 11.3 Å². The molecule has 5 nitrogen and oxygen atoms in total. The molecule has 0 radical (unpaired) electrons. The summed E-state index contributed by atoms with van der Waals surface area (Å²) in [6.07, 6.45) is 3.77. The maximum Gasteiger partial charge on any atom is 0.349 e. The van der Waals surface area contributed by atoms with E-state index in [1.165, 1.54) is 18.4 Å². The van der Waals surface area contributed by atoms with Crippen LogP contribution in [0.25, 0.3) is 23.4 Å². The Morgan fingerprint density at radius 3 is 2.67 bits per heavy atom. The SMILES string of the molecule is COC(=O)c1sc(/C=C/c2c(-c3ccccc3)noc2C)nc1C. The van der Waals surface area contributed by atoms with Gasteiger partial charge in [0.15, 0.2) is 0 Å². The Balaban J connectivity index is 1.93. The summed E-state index contributed by atoms with van der Waals surface area (Å²) in [5.41, 5.74) is 3.33. The van der Waals surface area contributed by atoms with Crippen molar-refractivity contribution in [1.29, 1.82) is 0 Å². The minimum Gasteiger partial charge on any atom is -0.465 e. The molecule has 0 N–H and O–H groups in total. The zero-order valence-electron chi connectivity index (χ0n) is 13.6. The van der Waals surface area contributed by atoms with Gasteiger partial charge in [-0.05, 0) is 26.0 Å². The van der Waals surface area contributed by atoms with Gasteiger partial charge in [0.05, 0.1) is 12.8 Å². The van der Waals surface area contributed by atoms with Crippen molar-refractivity contribution >= 4 is 29.5 Å². The maximum atomic E-state index is 11.7. The highest BCUT2D eigenvalue weighted by Gasteiger charge is 2.15. The zero-order valence-corrected chi connectivity index (χ0v) is 14.4. The van der Waals surface area contributed by atoms with E-state index in [9.17, 15) is 4.79 Å². The third-order valence-corrected chi connectivity index (χ3v) is 4.63. The predicted octanol–water partition coefficient (Wildman–Crippen LogP) is 4.37. The number of aryl methyl sites for hydroxylation is 2. The van der Waals surface area contributed by atoms with Crippen molar-refractivity contribution in [2.75, 3.05) is 7.11 Å². The first kappa shape index (κ1) is 16.1. The molecule has 0 saturated heterocycles. The summed E-state index contributed by atoms with van der Waals surface area (Å²) in [4.78, 5) is 16.6. The normalized spacial score (nSPS) is 11.1. The quantitative estimate of drug-likeness (QED) is 0.660. The molecular formula is C18H16N2O3S. The third-order valence-electron chi connectivity index (χ3n) is 3.53. The number of thiazole rings is 1. The number of benzene rings is 1. The molecular weight excluding hydrogens is 324 g/mol. The molecule has 0 amide bonds. The van der Waals surface area contributed by atoms with Crippen LogP contribution in [0, 0.1) is 13.8 Å². The second-order valence-electron chi connectivity index (χ2n) is 5.16. The van der Waals surface area contributed by atoms with Crippen LogP contribution in [0.4, 0.5) is 0 Å². The molecule has 1 aromatic carbocycles. The lowest BCUT2D eigenvalue weighted by atomic mass is 10.1. The average Bonchev–Trinajstić information content (AvgIpc) is 3.15. The van der Waals surface area contributed by atoms with Crippen LogP contribution < -0.4 is 0 Å². The lowest BCUT2D eigenvalue weighted by molar-refractivity contribution is 0.0605. The Bertz CT molecular complexity index is 894. The third kappa shape index (κ3) is 3.14. The molecule has 0 unspecified atom stereocenters. The van der Waals surface area contributed by atoms with Gasteiger partial charge in [0.25, 0.3) is 0 Å². The van der Waals surface area contributed by atoms with Crippen LogP contribution in [-0.2, 0) is 4.74 Å². The van der Waals surface area contributed by atoms with Crippen LogP contribution in [-0.4, -0.2) is 23.2 Å². The molecule has 0 spiro atoms. The van der Waals surface area contributed by atoms with Crippen LogP contribution >= 0.6 is 11.3 Å². The largest absolute Gasteiger partial charge is 0.465 e.